The summed E-state index contributed by atoms with van der Waals surface area (Å²) in [7, 11) is 4.30. The molecule has 84 valence electrons. The first kappa shape index (κ1) is 12.0. The van der Waals surface area contributed by atoms with Crippen molar-refractivity contribution in [3.63, 3.8) is 0 Å². The zero-order valence-corrected chi connectivity index (χ0v) is 10.3. The fourth-order valence-electron chi connectivity index (χ4n) is 2.74. The normalized spacial score (nSPS) is 26.8. The molecule has 0 radical (unpaired) electrons. The van der Waals surface area contributed by atoms with Gasteiger partial charge in [0.25, 0.3) is 0 Å². The van der Waals surface area contributed by atoms with Gasteiger partial charge in [-0.25, -0.2) is 0 Å². The van der Waals surface area contributed by atoms with Crippen molar-refractivity contribution < 1.29 is 0 Å². The van der Waals surface area contributed by atoms with E-state index in [2.05, 4.69) is 31.1 Å². The van der Waals surface area contributed by atoms with Gasteiger partial charge in [0, 0.05) is 19.1 Å². The predicted octanol–water partition coefficient (Wildman–Crippen LogP) is 2.11. The highest BCUT2D eigenvalue weighted by Gasteiger charge is 2.34. The number of hydrogen-bond donors (Lipinski definition) is 1. The Bertz CT molecular complexity index is 166. The average molecular weight is 198 g/mol. The van der Waals surface area contributed by atoms with Crippen LogP contribution in [-0.2, 0) is 0 Å². The molecule has 0 aliphatic heterocycles. The summed E-state index contributed by atoms with van der Waals surface area (Å²) in [4.78, 5) is 2.54. The average Bonchev–Trinajstić information content (AvgIpc) is 2.13. The van der Waals surface area contributed by atoms with Gasteiger partial charge >= 0.3 is 0 Å². The number of nitrogens with zero attached hydrogens (tertiary/aromatic N) is 1. The molecule has 1 fully saturated rings. The molecule has 1 saturated carbocycles. The fourth-order valence-corrected chi connectivity index (χ4v) is 2.74. The van der Waals surface area contributed by atoms with E-state index in [0.717, 1.165) is 12.6 Å². The molecule has 0 aromatic carbocycles. The van der Waals surface area contributed by atoms with E-state index in [1.54, 1.807) is 0 Å². The van der Waals surface area contributed by atoms with Gasteiger partial charge in [-0.2, -0.15) is 0 Å². The van der Waals surface area contributed by atoms with Crippen LogP contribution in [0.2, 0.25) is 0 Å². The van der Waals surface area contributed by atoms with Crippen molar-refractivity contribution in [2.75, 3.05) is 27.2 Å². The molecule has 1 aliphatic carbocycles. The predicted molar refractivity (Wildman–Crippen MR) is 62.6 cm³/mol. The summed E-state index contributed by atoms with van der Waals surface area (Å²) in [5.41, 5.74) is 0.515. The van der Waals surface area contributed by atoms with E-state index in [0.29, 0.717) is 5.41 Å². The fraction of sp³-hybridized carbons (Fsp3) is 1.00. The minimum atomic E-state index is 0.515. The van der Waals surface area contributed by atoms with Crippen molar-refractivity contribution in [1.29, 1.82) is 0 Å². The number of hydrogen-bond acceptors (Lipinski definition) is 2. The van der Waals surface area contributed by atoms with Crippen molar-refractivity contribution in [1.82, 2.24) is 10.2 Å². The third-order valence-electron chi connectivity index (χ3n) is 3.70. The van der Waals surface area contributed by atoms with Crippen molar-refractivity contribution in [3.05, 3.63) is 0 Å². The summed E-state index contributed by atoms with van der Waals surface area (Å²) in [5, 5.41) is 3.22. The molecule has 0 amide bonds. The minimum Gasteiger partial charge on any atom is -0.318 e. The molecule has 0 heterocycles. The SMILES string of the molecule is CNCCN(C)C1CCCCC1(C)C. The number of likely N-dealkylation sites (N-methyl/N-ethyl adjacent to an activating group) is 2. The Balaban J connectivity index is 2.46. The monoisotopic (exact) mass is 198 g/mol. The summed E-state index contributed by atoms with van der Waals surface area (Å²) in [6.45, 7) is 7.12. The largest absolute Gasteiger partial charge is 0.318 e. The van der Waals surface area contributed by atoms with Crippen LogP contribution in [0.15, 0.2) is 0 Å². The van der Waals surface area contributed by atoms with E-state index >= 15 is 0 Å². The van der Waals surface area contributed by atoms with Crippen LogP contribution in [0.5, 0.6) is 0 Å². The molecular weight excluding hydrogens is 172 g/mol. The molecule has 0 spiro atoms. The van der Waals surface area contributed by atoms with Crippen molar-refractivity contribution in [3.8, 4) is 0 Å². The Morgan fingerprint density at radius 1 is 1.36 bits per heavy atom. The number of nitrogens with one attached hydrogen (secondary N) is 1. The second kappa shape index (κ2) is 5.13. The highest BCUT2D eigenvalue weighted by Crippen LogP contribution is 2.37. The molecule has 0 aromatic rings. The molecule has 2 nitrogen and oxygen atoms in total. The lowest BCUT2D eigenvalue weighted by atomic mass is 9.72. The van der Waals surface area contributed by atoms with Crippen LogP contribution < -0.4 is 5.32 Å². The van der Waals surface area contributed by atoms with Crippen LogP contribution in [0.25, 0.3) is 0 Å². The van der Waals surface area contributed by atoms with E-state index in [-0.39, 0.29) is 0 Å². The maximum atomic E-state index is 3.22. The van der Waals surface area contributed by atoms with Crippen LogP contribution in [-0.4, -0.2) is 38.1 Å². The molecule has 2 heteroatoms. The lowest BCUT2D eigenvalue weighted by Gasteiger charge is -2.44. The van der Waals surface area contributed by atoms with Gasteiger partial charge in [-0.05, 0) is 32.4 Å². The van der Waals surface area contributed by atoms with Crippen LogP contribution in [0, 0.1) is 5.41 Å². The third kappa shape index (κ3) is 2.96. The summed E-state index contributed by atoms with van der Waals surface area (Å²) in [5.74, 6) is 0. The molecular formula is C12H26N2. The maximum Gasteiger partial charge on any atom is 0.0144 e. The highest BCUT2D eigenvalue weighted by molar-refractivity contribution is 4.88. The lowest BCUT2D eigenvalue weighted by molar-refractivity contribution is 0.0690. The first-order chi connectivity index (χ1) is 6.58. The van der Waals surface area contributed by atoms with Gasteiger partial charge in [-0.3, -0.25) is 0 Å². The Hall–Kier alpha value is -0.0800. The molecule has 1 rings (SSSR count). The molecule has 1 N–H and O–H groups in total. The van der Waals surface area contributed by atoms with E-state index < -0.39 is 0 Å². The Morgan fingerprint density at radius 2 is 2.07 bits per heavy atom. The topological polar surface area (TPSA) is 15.3 Å². The molecule has 1 unspecified atom stereocenters. The standard InChI is InChI=1S/C12H26N2/c1-12(2)8-6-5-7-11(12)14(4)10-9-13-3/h11,13H,5-10H2,1-4H3. The van der Waals surface area contributed by atoms with Crippen molar-refractivity contribution >= 4 is 0 Å². The zero-order chi connectivity index (χ0) is 10.6. The van der Waals surface area contributed by atoms with E-state index in [9.17, 15) is 0 Å². The van der Waals surface area contributed by atoms with E-state index in [4.69, 9.17) is 0 Å². The van der Waals surface area contributed by atoms with Crippen LogP contribution >= 0.6 is 0 Å². The molecule has 14 heavy (non-hydrogen) atoms. The van der Waals surface area contributed by atoms with Gasteiger partial charge in [0.05, 0.1) is 0 Å². The molecule has 0 aromatic heterocycles. The van der Waals surface area contributed by atoms with Gasteiger partial charge in [0.2, 0.25) is 0 Å². The summed E-state index contributed by atoms with van der Waals surface area (Å²) < 4.78 is 0. The van der Waals surface area contributed by atoms with Crippen molar-refractivity contribution in [2.24, 2.45) is 5.41 Å². The Kier molecular flexibility index (Phi) is 4.39. The van der Waals surface area contributed by atoms with Crippen LogP contribution in [0.1, 0.15) is 39.5 Å². The lowest BCUT2D eigenvalue weighted by Crippen LogP contribution is -2.47. The molecule has 1 aliphatic rings. The van der Waals surface area contributed by atoms with Crippen LogP contribution in [0.4, 0.5) is 0 Å². The summed E-state index contributed by atoms with van der Waals surface area (Å²) >= 11 is 0. The van der Waals surface area contributed by atoms with E-state index in [1.165, 1.54) is 32.2 Å². The quantitative estimate of drug-likeness (QED) is 0.744. The minimum absolute atomic E-state index is 0.515. The zero-order valence-electron chi connectivity index (χ0n) is 10.3. The second-order valence-electron chi connectivity index (χ2n) is 5.33. The number of rotatable bonds is 4. The molecule has 0 bridgehead atoms. The summed E-state index contributed by atoms with van der Waals surface area (Å²) in [6.07, 6.45) is 5.61. The first-order valence-corrected chi connectivity index (χ1v) is 5.93. The van der Waals surface area contributed by atoms with Gasteiger partial charge < -0.3 is 10.2 Å². The summed E-state index contributed by atoms with van der Waals surface area (Å²) in [6, 6.07) is 0.782. The van der Waals surface area contributed by atoms with Gasteiger partial charge in [-0.1, -0.05) is 26.7 Å². The van der Waals surface area contributed by atoms with E-state index in [1.807, 2.05) is 7.05 Å². The second-order valence-corrected chi connectivity index (χ2v) is 5.33. The van der Waals surface area contributed by atoms with Gasteiger partial charge in [-0.15, -0.1) is 0 Å². The maximum absolute atomic E-state index is 3.22. The third-order valence-corrected chi connectivity index (χ3v) is 3.70. The van der Waals surface area contributed by atoms with Crippen LogP contribution in [0.3, 0.4) is 0 Å². The van der Waals surface area contributed by atoms with Crippen molar-refractivity contribution in [2.45, 2.75) is 45.6 Å². The highest BCUT2D eigenvalue weighted by atomic mass is 15.1. The Labute approximate surface area is 89.1 Å². The Morgan fingerprint density at radius 3 is 2.64 bits per heavy atom. The first-order valence-electron chi connectivity index (χ1n) is 5.93. The molecule has 0 saturated heterocycles. The van der Waals surface area contributed by atoms with Gasteiger partial charge in [0.1, 0.15) is 0 Å². The van der Waals surface area contributed by atoms with Gasteiger partial charge in [0.15, 0.2) is 0 Å². The molecule has 1 atom stereocenters. The smallest absolute Gasteiger partial charge is 0.0144 e.